The predicted octanol–water partition coefficient (Wildman–Crippen LogP) is 3.25. The van der Waals surface area contributed by atoms with Crippen LogP contribution >= 0.6 is 11.3 Å². The lowest BCUT2D eigenvalue weighted by atomic mass is 10.0. The Morgan fingerprint density at radius 1 is 1.33 bits per heavy atom. The molecule has 2 nitrogen and oxygen atoms in total. The van der Waals surface area contributed by atoms with Crippen LogP contribution in [0, 0.1) is 5.82 Å². The molecule has 0 aliphatic rings. The third-order valence-corrected chi connectivity index (χ3v) is 3.36. The molecule has 0 aliphatic heterocycles. The maximum atomic E-state index is 13.8. The van der Waals surface area contributed by atoms with Crippen molar-refractivity contribution in [3.63, 3.8) is 0 Å². The molecule has 0 radical (unpaired) electrons. The van der Waals surface area contributed by atoms with Crippen LogP contribution in [0.2, 0.25) is 0 Å². The highest BCUT2D eigenvalue weighted by Crippen LogP contribution is 2.21. The quantitative estimate of drug-likeness (QED) is 0.828. The first-order valence-electron chi connectivity index (χ1n) is 5.55. The maximum Gasteiger partial charge on any atom is 0.168 e. The lowest BCUT2D eigenvalue weighted by Gasteiger charge is -2.06. The van der Waals surface area contributed by atoms with Crippen molar-refractivity contribution in [2.45, 2.75) is 12.8 Å². The maximum absolute atomic E-state index is 13.8. The van der Waals surface area contributed by atoms with Crippen molar-refractivity contribution in [3.8, 4) is 5.75 Å². The first-order chi connectivity index (χ1) is 8.70. The summed E-state index contributed by atoms with van der Waals surface area (Å²) in [5, 5.41) is 3.86. The van der Waals surface area contributed by atoms with Crippen LogP contribution in [0.15, 0.2) is 35.0 Å². The summed E-state index contributed by atoms with van der Waals surface area (Å²) in [4.78, 5) is 11.8. The zero-order valence-electron chi connectivity index (χ0n) is 9.98. The van der Waals surface area contributed by atoms with Gasteiger partial charge in [-0.3, -0.25) is 4.79 Å². The molecule has 2 aromatic rings. The highest BCUT2D eigenvalue weighted by Gasteiger charge is 2.12. The number of carbonyl (C=O) groups is 1. The third kappa shape index (κ3) is 2.96. The van der Waals surface area contributed by atoms with Gasteiger partial charge in [-0.05, 0) is 34.0 Å². The molecule has 1 heterocycles. The molecule has 0 spiro atoms. The summed E-state index contributed by atoms with van der Waals surface area (Å²) in [6, 6.07) is 6.76. The Balaban J connectivity index is 2.07. The molecule has 0 bridgehead atoms. The van der Waals surface area contributed by atoms with Crippen LogP contribution in [-0.2, 0) is 17.6 Å². The van der Waals surface area contributed by atoms with Gasteiger partial charge in [0.05, 0.1) is 7.11 Å². The Morgan fingerprint density at radius 3 is 2.83 bits per heavy atom. The average molecular weight is 264 g/mol. The molecule has 2 rings (SSSR count). The molecule has 1 aromatic carbocycles. The summed E-state index contributed by atoms with van der Waals surface area (Å²) in [6.45, 7) is 0. The van der Waals surface area contributed by atoms with Crippen LogP contribution in [-0.4, -0.2) is 12.9 Å². The molecular formula is C14H13FO2S. The summed E-state index contributed by atoms with van der Waals surface area (Å²) in [5.41, 5.74) is 1.36. The van der Waals surface area contributed by atoms with E-state index in [1.807, 2.05) is 16.8 Å². The van der Waals surface area contributed by atoms with E-state index in [4.69, 9.17) is 4.74 Å². The molecule has 0 N–H and O–H groups in total. The summed E-state index contributed by atoms with van der Waals surface area (Å²) in [6.07, 6.45) is 0.443. The van der Waals surface area contributed by atoms with Crippen LogP contribution < -0.4 is 4.74 Å². The van der Waals surface area contributed by atoms with Crippen LogP contribution in [0.3, 0.4) is 0 Å². The second-order valence-corrected chi connectivity index (χ2v) is 4.74. The van der Waals surface area contributed by atoms with Crippen LogP contribution in [0.25, 0.3) is 0 Å². The highest BCUT2D eigenvalue weighted by molar-refractivity contribution is 7.07. The van der Waals surface area contributed by atoms with Gasteiger partial charge in [-0.2, -0.15) is 11.3 Å². The van der Waals surface area contributed by atoms with Gasteiger partial charge in [0.2, 0.25) is 0 Å². The molecule has 0 fully saturated rings. The standard InChI is InChI=1S/C14H13FO2S/c1-17-13-4-2-3-11(14(13)15)8-12(16)7-10-5-6-18-9-10/h2-6,9H,7-8H2,1H3. The fourth-order valence-electron chi connectivity index (χ4n) is 1.75. The normalized spacial score (nSPS) is 10.3. The van der Waals surface area contributed by atoms with E-state index in [0.29, 0.717) is 12.0 Å². The number of Topliss-reactive ketones (excluding diaryl/α,β-unsaturated/α-hetero) is 1. The number of ketones is 1. The van der Waals surface area contributed by atoms with Gasteiger partial charge in [0.15, 0.2) is 11.6 Å². The molecule has 0 saturated carbocycles. The fraction of sp³-hybridized carbons (Fsp3) is 0.214. The van der Waals surface area contributed by atoms with Crippen LogP contribution in [0.4, 0.5) is 4.39 Å². The van der Waals surface area contributed by atoms with Crippen molar-refractivity contribution in [2.75, 3.05) is 7.11 Å². The first kappa shape index (κ1) is 12.8. The minimum atomic E-state index is -0.446. The average Bonchev–Trinajstić information content (AvgIpc) is 2.84. The van der Waals surface area contributed by atoms with Crippen molar-refractivity contribution in [2.24, 2.45) is 0 Å². The van der Waals surface area contributed by atoms with Crippen molar-refractivity contribution in [1.82, 2.24) is 0 Å². The van der Waals surface area contributed by atoms with Crippen LogP contribution in [0.1, 0.15) is 11.1 Å². The lowest BCUT2D eigenvalue weighted by Crippen LogP contribution is -2.08. The molecule has 0 atom stereocenters. The predicted molar refractivity (Wildman–Crippen MR) is 69.7 cm³/mol. The van der Waals surface area contributed by atoms with E-state index in [9.17, 15) is 9.18 Å². The smallest absolute Gasteiger partial charge is 0.168 e. The number of benzene rings is 1. The summed E-state index contributed by atoms with van der Waals surface area (Å²) in [7, 11) is 1.41. The number of thiophene rings is 1. The topological polar surface area (TPSA) is 26.3 Å². The minimum Gasteiger partial charge on any atom is -0.494 e. The lowest BCUT2D eigenvalue weighted by molar-refractivity contribution is -0.117. The highest BCUT2D eigenvalue weighted by atomic mass is 32.1. The van der Waals surface area contributed by atoms with Gasteiger partial charge in [0, 0.05) is 12.8 Å². The van der Waals surface area contributed by atoms with E-state index in [1.165, 1.54) is 7.11 Å². The van der Waals surface area contributed by atoms with Crippen LogP contribution in [0.5, 0.6) is 5.75 Å². The molecule has 1 aromatic heterocycles. The van der Waals surface area contributed by atoms with Gasteiger partial charge < -0.3 is 4.74 Å². The Labute approximate surface area is 109 Å². The molecule has 4 heteroatoms. The molecule has 18 heavy (non-hydrogen) atoms. The van der Waals surface area contributed by atoms with Gasteiger partial charge in [-0.1, -0.05) is 12.1 Å². The number of carbonyl (C=O) groups excluding carboxylic acids is 1. The molecule has 0 aliphatic carbocycles. The summed E-state index contributed by atoms with van der Waals surface area (Å²) in [5.74, 6) is -0.268. The summed E-state index contributed by atoms with van der Waals surface area (Å²) < 4.78 is 18.7. The van der Waals surface area contributed by atoms with Gasteiger partial charge >= 0.3 is 0 Å². The second kappa shape index (κ2) is 5.78. The van der Waals surface area contributed by atoms with E-state index < -0.39 is 5.82 Å². The number of methoxy groups -OCH3 is 1. The molecule has 0 amide bonds. The number of hydrogen-bond acceptors (Lipinski definition) is 3. The zero-order valence-corrected chi connectivity index (χ0v) is 10.8. The largest absolute Gasteiger partial charge is 0.494 e. The van der Waals surface area contributed by atoms with Gasteiger partial charge in [0.25, 0.3) is 0 Å². The third-order valence-electron chi connectivity index (χ3n) is 2.63. The molecule has 0 unspecified atom stereocenters. The zero-order chi connectivity index (χ0) is 13.0. The van der Waals surface area contributed by atoms with E-state index >= 15 is 0 Å². The van der Waals surface area contributed by atoms with Crippen molar-refractivity contribution < 1.29 is 13.9 Å². The number of rotatable bonds is 5. The number of ether oxygens (including phenoxy) is 1. The van der Waals surface area contributed by atoms with E-state index in [1.54, 1.807) is 29.5 Å². The Bertz CT molecular complexity index is 535. The number of hydrogen-bond donors (Lipinski definition) is 0. The van der Waals surface area contributed by atoms with E-state index in [0.717, 1.165) is 5.56 Å². The molecular weight excluding hydrogens is 251 g/mol. The second-order valence-electron chi connectivity index (χ2n) is 3.96. The van der Waals surface area contributed by atoms with E-state index in [2.05, 4.69) is 0 Å². The Morgan fingerprint density at radius 2 is 2.17 bits per heavy atom. The first-order valence-corrected chi connectivity index (χ1v) is 6.49. The SMILES string of the molecule is COc1cccc(CC(=O)Cc2ccsc2)c1F. The van der Waals surface area contributed by atoms with Crippen molar-refractivity contribution in [3.05, 3.63) is 52.0 Å². The van der Waals surface area contributed by atoms with Gasteiger partial charge in [-0.15, -0.1) is 0 Å². The number of halogens is 1. The van der Waals surface area contributed by atoms with Crippen molar-refractivity contribution >= 4 is 17.1 Å². The molecule has 0 saturated heterocycles. The summed E-state index contributed by atoms with van der Waals surface area (Å²) >= 11 is 1.55. The van der Waals surface area contributed by atoms with Gasteiger partial charge in [0.1, 0.15) is 5.78 Å². The van der Waals surface area contributed by atoms with Crippen molar-refractivity contribution in [1.29, 1.82) is 0 Å². The Hall–Kier alpha value is -1.68. The fourth-order valence-corrected chi connectivity index (χ4v) is 2.41. The van der Waals surface area contributed by atoms with Gasteiger partial charge in [-0.25, -0.2) is 4.39 Å². The monoisotopic (exact) mass is 264 g/mol. The molecule has 94 valence electrons. The Kier molecular flexibility index (Phi) is 4.10. The minimum absolute atomic E-state index is 0.000512. The van der Waals surface area contributed by atoms with E-state index in [-0.39, 0.29) is 18.0 Å².